The number of hydrogen-bond acceptors (Lipinski definition) is 5. The summed E-state index contributed by atoms with van der Waals surface area (Å²) in [6.07, 6.45) is 0. The molecular formula is C13H15N5OS2. The van der Waals surface area contributed by atoms with E-state index in [-0.39, 0.29) is 5.91 Å². The van der Waals surface area contributed by atoms with Crippen molar-refractivity contribution < 1.29 is 4.79 Å². The fourth-order valence-electron chi connectivity index (χ4n) is 1.54. The lowest BCUT2D eigenvalue weighted by Crippen LogP contribution is -2.23. The van der Waals surface area contributed by atoms with Crippen molar-refractivity contribution >= 4 is 39.7 Å². The molecule has 0 fully saturated rings. The van der Waals surface area contributed by atoms with Gasteiger partial charge in [0.1, 0.15) is 5.69 Å². The number of amides is 1. The number of aromatic nitrogens is 2. The largest absolute Gasteiger partial charge is 0.365 e. The van der Waals surface area contributed by atoms with Crippen LogP contribution in [0.15, 0.2) is 23.6 Å². The third-order valence-electron chi connectivity index (χ3n) is 2.54. The lowest BCUT2D eigenvalue weighted by Gasteiger charge is -2.04. The molecule has 21 heavy (non-hydrogen) atoms. The summed E-state index contributed by atoms with van der Waals surface area (Å²) >= 11 is 6.48. The molecule has 0 unspecified atom stereocenters. The van der Waals surface area contributed by atoms with Crippen LogP contribution in [0.5, 0.6) is 0 Å². The average Bonchev–Trinajstić information content (AvgIpc) is 2.94. The maximum atomic E-state index is 10.9. The summed E-state index contributed by atoms with van der Waals surface area (Å²) in [6.45, 7) is 1.88. The Labute approximate surface area is 132 Å². The van der Waals surface area contributed by atoms with E-state index in [1.54, 1.807) is 7.05 Å². The third kappa shape index (κ3) is 4.47. The zero-order valence-electron chi connectivity index (χ0n) is 11.6. The number of nitrogens with zero attached hydrogens (tertiary/aromatic N) is 2. The summed E-state index contributed by atoms with van der Waals surface area (Å²) in [7, 11) is 1.75. The molecule has 2 rings (SSSR count). The lowest BCUT2D eigenvalue weighted by atomic mass is 10.2. The Morgan fingerprint density at radius 3 is 2.86 bits per heavy atom. The van der Waals surface area contributed by atoms with E-state index < -0.39 is 0 Å². The van der Waals surface area contributed by atoms with E-state index in [9.17, 15) is 4.79 Å². The summed E-state index contributed by atoms with van der Waals surface area (Å²) in [4.78, 5) is 19.8. The highest BCUT2D eigenvalue weighted by atomic mass is 32.1. The van der Waals surface area contributed by atoms with E-state index in [1.165, 1.54) is 18.3 Å². The van der Waals surface area contributed by atoms with Crippen LogP contribution in [-0.4, -0.2) is 28.0 Å². The Morgan fingerprint density at radius 2 is 2.14 bits per heavy atom. The van der Waals surface area contributed by atoms with Crippen LogP contribution >= 0.6 is 23.6 Å². The Hall–Kier alpha value is -2.06. The van der Waals surface area contributed by atoms with Crippen LogP contribution in [0.25, 0.3) is 11.4 Å². The normalized spacial score (nSPS) is 10.0. The first-order valence-corrected chi connectivity index (χ1v) is 7.52. The zero-order valence-corrected chi connectivity index (χ0v) is 13.3. The highest BCUT2D eigenvalue weighted by Crippen LogP contribution is 2.23. The summed E-state index contributed by atoms with van der Waals surface area (Å²) < 4.78 is 0. The van der Waals surface area contributed by atoms with E-state index in [0.29, 0.717) is 16.8 Å². The van der Waals surface area contributed by atoms with E-state index in [4.69, 9.17) is 12.2 Å². The van der Waals surface area contributed by atoms with Gasteiger partial charge in [-0.3, -0.25) is 4.79 Å². The maximum Gasteiger partial charge on any atom is 0.217 e. The fraction of sp³-hybridized carbons (Fsp3) is 0.231. The highest BCUT2D eigenvalue weighted by Gasteiger charge is 2.07. The van der Waals surface area contributed by atoms with Gasteiger partial charge in [0.25, 0.3) is 0 Å². The van der Waals surface area contributed by atoms with Crippen molar-refractivity contribution in [3.63, 3.8) is 0 Å². The molecule has 0 spiro atoms. The Morgan fingerprint density at radius 1 is 1.33 bits per heavy atom. The number of carbonyl (C=O) groups excluding carboxylic acids is 1. The number of rotatable bonds is 4. The topological polar surface area (TPSA) is 78.9 Å². The smallest absolute Gasteiger partial charge is 0.217 e. The molecule has 1 amide bonds. The highest BCUT2D eigenvalue weighted by molar-refractivity contribution is 7.80. The second-order valence-corrected chi connectivity index (χ2v) is 5.43. The first kappa shape index (κ1) is 15.3. The number of thiazole rings is 1. The van der Waals surface area contributed by atoms with Gasteiger partial charge in [-0.15, -0.1) is 11.3 Å². The van der Waals surface area contributed by atoms with Gasteiger partial charge in [-0.2, -0.15) is 0 Å². The molecule has 2 aromatic heterocycles. The van der Waals surface area contributed by atoms with Gasteiger partial charge < -0.3 is 16.0 Å². The standard InChI is InChI=1S/C13H15N5OS2/c1-8(19)15-6-9-4-3-5-10(16-9)11-7-21-13(17-11)18-12(20)14-2/h3-5,7H,6H2,1-2H3,(H,15,19)(H2,14,17,18,20). The summed E-state index contributed by atoms with van der Waals surface area (Å²) in [5.74, 6) is -0.0806. The van der Waals surface area contributed by atoms with E-state index in [2.05, 4.69) is 25.9 Å². The second-order valence-electron chi connectivity index (χ2n) is 4.17. The van der Waals surface area contributed by atoms with Crippen LogP contribution in [-0.2, 0) is 11.3 Å². The number of hydrogen-bond donors (Lipinski definition) is 3. The molecular weight excluding hydrogens is 306 g/mol. The minimum absolute atomic E-state index is 0.0806. The molecule has 0 aliphatic heterocycles. The Kier molecular flexibility index (Phi) is 5.18. The molecule has 0 aromatic carbocycles. The van der Waals surface area contributed by atoms with Crippen molar-refractivity contribution in [2.75, 3.05) is 12.4 Å². The van der Waals surface area contributed by atoms with E-state index in [1.807, 2.05) is 23.6 Å². The van der Waals surface area contributed by atoms with Crippen LogP contribution in [0.3, 0.4) is 0 Å². The number of anilines is 1. The minimum atomic E-state index is -0.0806. The van der Waals surface area contributed by atoms with Crippen LogP contribution in [0.4, 0.5) is 5.13 Å². The zero-order chi connectivity index (χ0) is 15.2. The van der Waals surface area contributed by atoms with Gasteiger partial charge in [-0.05, 0) is 24.4 Å². The van der Waals surface area contributed by atoms with Gasteiger partial charge in [-0.25, -0.2) is 9.97 Å². The molecule has 6 nitrogen and oxygen atoms in total. The second kappa shape index (κ2) is 7.09. The number of carbonyl (C=O) groups is 1. The molecule has 0 radical (unpaired) electrons. The predicted octanol–water partition coefficient (Wildman–Crippen LogP) is 1.76. The van der Waals surface area contributed by atoms with Gasteiger partial charge in [-0.1, -0.05) is 6.07 Å². The van der Waals surface area contributed by atoms with Gasteiger partial charge in [0.15, 0.2) is 10.2 Å². The van der Waals surface area contributed by atoms with Gasteiger partial charge in [0, 0.05) is 19.4 Å². The van der Waals surface area contributed by atoms with Crippen LogP contribution < -0.4 is 16.0 Å². The molecule has 0 aliphatic carbocycles. The molecule has 0 saturated heterocycles. The van der Waals surface area contributed by atoms with E-state index in [0.717, 1.165) is 17.1 Å². The SMILES string of the molecule is CNC(=S)Nc1nc(-c2cccc(CNC(C)=O)n2)cs1. The fourth-order valence-corrected chi connectivity index (χ4v) is 2.41. The van der Waals surface area contributed by atoms with Gasteiger partial charge in [0.2, 0.25) is 5.91 Å². The first-order valence-electron chi connectivity index (χ1n) is 6.23. The average molecular weight is 321 g/mol. The maximum absolute atomic E-state index is 10.9. The quantitative estimate of drug-likeness (QED) is 0.745. The Bertz CT molecular complexity index is 656. The first-order chi connectivity index (χ1) is 10.1. The molecule has 0 bridgehead atoms. The molecule has 2 aromatic rings. The summed E-state index contributed by atoms with van der Waals surface area (Å²) in [5.41, 5.74) is 2.32. The van der Waals surface area contributed by atoms with Gasteiger partial charge in [0.05, 0.1) is 17.9 Å². The van der Waals surface area contributed by atoms with Crippen molar-refractivity contribution in [3.05, 3.63) is 29.3 Å². The lowest BCUT2D eigenvalue weighted by molar-refractivity contribution is -0.119. The molecule has 8 heteroatoms. The van der Waals surface area contributed by atoms with Crippen molar-refractivity contribution in [1.29, 1.82) is 0 Å². The Balaban J connectivity index is 2.12. The molecule has 0 atom stereocenters. The van der Waals surface area contributed by atoms with Gasteiger partial charge >= 0.3 is 0 Å². The monoisotopic (exact) mass is 321 g/mol. The minimum Gasteiger partial charge on any atom is -0.365 e. The van der Waals surface area contributed by atoms with Crippen molar-refractivity contribution in [1.82, 2.24) is 20.6 Å². The van der Waals surface area contributed by atoms with Crippen LogP contribution in [0.2, 0.25) is 0 Å². The summed E-state index contributed by atoms with van der Waals surface area (Å²) in [6, 6.07) is 5.64. The molecule has 110 valence electrons. The number of pyridine rings is 1. The summed E-state index contributed by atoms with van der Waals surface area (Å²) in [5, 5.41) is 11.7. The van der Waals surface area contributed by atoms with Crippen molar-refractivity contribution in [2.45, 2.75) is 13.5 Å². The molecule has 3 N–H and O–H groups in total. The van der Waals surface area contributed by atoms with Crippen molar-refractivity contribution in [3.8, 4) is 11.4 Å². The molecule has 0 aliphatic rings. The van der Waals surface area contributed by atoms with Crippen LogP contribution in [0.1, 0.15) is 12.6 Å². The third-order valence-corrected chi connectivity index (χ3v) is 3.60. The number of nitrogens with one attached hydrogen (secondary N) is 3. The predicted molar refractivity (Wildman–Crippen MR) is 88.1 cm³/mol. The number of thiocarbonyl (C=S) groups is 1. The van der Waals surface area contributed by atoms with Crippen molar-refractivity contribution in [2.24, 2.45) is 0 Å². The molecule has 2 heterocycles. The van der Waals surface area contributed by atoms with Crippen LogP contribution in [0, 0.1) is 0 Å². The molecule has 0 saturated carbocycles. The van der Waals surface area contributed by atoms with E-state index >= 15 is 0 Å².